The third-order valence-corrected chi connectivity index (χ3v) is 2.62. The molecule has 1 atom stereocenters. The van der Waals surface area contributed by atoms with E-state index in [1.165, 1.54) is 0 Å². The van der Waals surface area contributed by atoms with Crippen LogP contribution in [0.4, 0.5) is 0 Å². The standard InChI is InChI=1S/C11H23NO2/c1-10-7-12(5-4-6-14-10)8-11(2,3)9-13/h10,13H,4-9H2,1-3H3. The molecule has 84 valence electrons. The second-order valence-corrected chi connectivity index (χ2v) is 5.09. The van der Waals surface area contributed by atoms with E-state index in [4.69, 9.17) is 4.74 Å². The Bertz CT molecular complexity index is 171. The highest BCUT2D eigenvalue weighted by molar-refractivity contribution is 4.75. The van der Waals surface area contributed by atoms with Crippen molar-refractivity contribution in [1.29, 1.82) is 0 Å². The molecule has 14 heavy (non-hydrogen) atoms. The van der Waals surface area contributed by atoms with Crippen LogP contribution in [0.15, 0.2) is 0 Å². The van der Waals surface area contributed by atoms with Gasteiger partial charge in [-0.25, -0.2) is 0 Å². The van der Waals surface area contributed by atoms with Crippen LogP contribution in [0.1, 0.15) is 27.2 Å². The van der Waals surface area contributed by atoms with E-state index in [9.17, 15) is 5.11 Å². The van der Waals surface area contributed by atoms with Crippen LogP contribution in [0, 0.1) is 5.41 Å². The van der Waals surface area contributed by atoms with Crippen LogP contribution in [0.25, 0.3) is 0 Å². The fraction of sp³-hybridized carbons (Fsp3) is 1.00. The Morgan fingerprint density at radius 2 is 2.21 bits per heavy atom. The largest absolute Gasteiger partial charge is 0.396 e. The van der Waals surface area contributed by atoms with Crippen LogP contribution in [-0.2, 0) is 4.74 Å². The topological polar surface area (TPSA) is 32.7 Å². The van der Waals surface area contributed by atoms with Gasteiger partial charge >= 0.3 is 0 Å². The maximum absolute atomic E-state index is 9.20. The number of rotatable bonds is 3. The summed E-state index contributed by atoms with van der Waals surface area (Å²) in [4.78, 5) is 2.40. The third kappa shape index (κ3) is 3.95. The van der Waals surface area contributed by atoms with Crippen LogP contribution in [0.3, 0.4) is 0 Å². The van der Waals surface area contributed by atoms with E-state index in [1.807, 2.05) is 0 Å². The second kappa shape index (κ2) is 5.10. The average Bonchev–Trinajstić information content (AvgIpc) is 2.29. The van der Waals surface area contributed by atoms with Crippen LogP contribution in [0.5, 0.6) is 0 Å². The first-order valence-corrected chi connectivity index (χ1v) is 5.48. The molecular weight excluding hydrogens is 178 g/mol. The maximum Gasteiger partial charge on any atom is 0.0673 e. The summed E-state index contributed by atoms with van der Waals surface area (Å²) in [5.74, 6) is 0. The molecule has 0 spiro atoms. The van der Waals surface area contributed by atoms with Gasteiger partial charge in [-0.1, -0.05) is 13.8 Å². The fourth-order valence-electron chi connectivity index (χ4n) is 1.88. The number of ether oxygens (including phenoxy) is 1. The van der Waals surface area contributed by atoms with Gasteiger partial charge in [0.15, 0.2) is 0 Å². The fourth-order valence-corrected chi connectivity index (χ4v) is 1.88. The summed E-state index contributed by atoms with van der Waals surface area (Å²) in [6.45, 7) is 10.5. The second-order valence-electron chi connectivity index (χ2n) is 5.09. The van der Waals surface area contributed by atoms with E-state index in [0.29, 0.717) is 6.10 Å². The minimum Gasteiger partial charge on any atom is -0.396 e. The van der Waals surface area contributed by atoms with Crippen molar-refractivity contribution in [3.05, 3.63) is 0 Å². The molecule has 0 aliphatic carbocycles. The van der Waals surface area contributed by atoms with E-state index < -0.39 is 0 Å². The molecule has 1 N–H and O–H groups in total. The van der Waals surface area contributed by atoms with Gasteiger partial charge in [0, 0.05) is 38.3 Å². The first kappa shape index (κ1) is 12.0. The van der Waals surface area contributed by atoms with Crippen molar-refractivity contribution in [3.63, 3.8) is 0 Å². The normalized spacial score (nSPS) is 26.1. The number of hydrogen-bond acceptors (Lipinski definition) is 3. The minimum absolute atomic E-state index is 0.00403. The molecule has 0 radical (unpaired) electrons. The van der Waals surface area contributed by atoms with Crippen molar-refractivity contribution < 1.29 is 9.84 Å². The number of nitrogens with zero attached hydrogens (tertiary/aromatic N) is 1. The molecule has 0 aromatic heterocycles. The molecule has 0 aromatic rings. The van der Waals surface area contributed by atoms with Gasteiger partial charge in [0.25, 0.3) is 0 Å². The molecule has 3 heteroatoms. The molecule has 1 aliphatic rings. The predicted molar refractivity (Wildman–Crippen MR) is 57.3 cm³/mol. The molecule has 1 aliphatic heterocycles. The Labute approximate surface area is 87.1 Å². The van der Waals surface area contributed by atoms with Crippen LogP contribution in [-0.4, -0.2) is 49.0 Å². The molecule has 1 fully saturated rings. The SMILES string of the molecule is CC1CN(CC(C)(C)CO)CCCO1. The lowest BCUT2D eigenvalue weighted by molar-refractivity contribution is 0.0537. The highest BCUT2D eigenvalue weighted by Gasteiger charge is 2.23. The zero-order valence-electron chi connectivity index (χ0n) is 9.62. The molecule has 0 saturated carbocycles. The molecule has 1 saturated heterocycles. The van der Waals surface area contributed by atoms with Gasteiger partial charge in [-0.2, -0.15) is 0 Å². The van der Waals surface area contributed by atoms with Crippen molar-refractivity contribution in [3.8, 4) is 0 Å². The van der Waals surface area contributed by atoms with E-state index in [1.54, 1.807) is 0 Å². The summed E-state index contributed by atoms with van der Waals surface area (Å²) in [6.07, 6.45) is 1.43. The predicted octanol–water partition coefficient (Wildman–Crippen LogP) is 1.12. The summed E-state index contributed by atoms with van der Waals surface area (Å²) >= 11 is 0. The molecule has 0 aromatic carbocycles. The van der Waals surface area contributed by atoms with E-state index >= 15 is 0 Å². The van der Waals surface area contributed by atoms with Crippen LogP contribution < -0.4 is 0 Å². The van der Waals surface area contributed by atoms with Gasteiger partial charge in [-0.15, -0.1) is 0 Å². The van der Waals surface area contributed by atoms with E-state index in [0.717, 1.165) is 32.7 Å². The molecule has 1 rings (SSSR count). The number of hydrogen-bond donors (Lipinski definition) is 1. The van der Waals surface area contributed by atoms with Crippen molar-refractivity contribution in [2.75, 3.05) is 32.8 Å². The summed E-state index contributed by atoms with van der Waals surface area (Å²) in [7, 11) is 0. The van der Waals surface area contributed by atoms with E-state index in [2.05, 4.69) is 25.7 Å². The summed E-state index contributed by atoms with van der Waals surface area (Å²) in [5.41, 5.74) is 0.00403. The van der Waals surface area contributed by atoms with Crippen molar-refractivity contribution >= 4 is 0 Å². The molecular formula is C11H23NO2. The average molecular weight is 201 g/mol. The molecule has 3 nitrogen and oxygen atoms in total. The van der Waals surface area contributed by atoms with Crippen molar-refractivity contribution in [1.82, 2.24) is 4.90 Å². The summed E-state index contributed by atoms with van der Waals surface area (Å²) in [5, 5.41) is 9.20. The Morgan fingerprint density at radius 1 is 1.50 bits per heavy atom. The molecule has 1 unspecified atom stereocenters. The van der Waals surface area contributed by atoms with Crippen LogP contribution in [0.2, 0.25) is 0 Å². The Morgan fingerprint density at radius 3 is 2.86 bits per heavy atom. The van der Waals surface area contributed by atoms with Gasteiger partial charge in [0.05, 0.1) is 6.10 Å². The van der Waals surface area contributed by atoms with Gasteiger partial charge in [0.1, 0.15) is 0 Å². The molecule has 0 bridgehead atoms. The minimum atomic E-state index is 0.00403. The van der Waals surface area contributed by atoms with Gasteiger partial charge in [-0.05, 0) is 13.3 Å². The molecule has 1 heterocycles. The highest BCUT2D eigenvalue weighted by atomic mass is 16.5. The number of aliphatic hydroxyl groups excluding tert-OH is 1. The third-order valence-electron chi connectivity index (χ3n) is 2.62. The van der Waals surface area contributed by atoms with Crippen molar-refractivity contribution in [2.45, 2.75) is 33.3 Å². The zero-order chi connectivity index (χ0) is 10.6. The first-order valence-electron chi connectivity index (χ1n) is 5.48. The summed E-state index contributed by atoms with van der Waals surface area (Å²) in [6, 6.07) is 0. The quantitative estimate of drug-likeness (QED) is 0.742. The van der Waals surface area contributed by atoms with Gasteiger partial charge in [-0.3, -0.25) is 0 Å². The molecule has 0 amide bonds. The highest BCUT2D eigenvalue weighted by Crippen LogP contribution is 2.17. The summed E-state index contributed by atoms with van der Waals surface area (Å²) < 4.78 is 5.58. The number of aliphatic hydroxyl groups is 1. The lowest BCUT2D eigenvalue weighted by atomic mass is 9.94. The lowest BCUT2D eigenvalue weighted by Gasteiger charge is -2.31. The monoisotopic (exact) mass is 201 g/mol. The first-order chi connectivity index (χ1) is 6.53. The van der Waals surface area contributed by atoms with E-state index in [-0.39, 0.29) is 12.0 Å². The zero-order valence-corrected chi connectivity index (χ0v) is 9.62. The Kier molecular flexibility index (Phi) is 4.35. The Balaban J connectivity index is 2.42. The van der Waals surface area contributed by atoms with Gasteiger partial charge in [0.2, 0.25) is 0 Å². The maximum atomic E-state index is 9.20. The van der Waals surface area contributed by atoms with Crippen molar-refractivity contribution in [2.24, 2.45) is 5.41 Å². The Hall–Kier alpha value is -0.120. The van der Waals surface area contributed by atoms with Gasteiger partial charge < -0.3 is 14.7 Å². The van der Waals surface area contributed by atoms with Crippen LogP contribution >= 0.6 is 0 Å². The smallest absolute Gasteiger partial charge is 0.0673 e. The lowest BCUT2D eigenvalue weighted by Crippen LogP contribution is -2.39.